The molecular formula is C9H13Cl2N. The van der Waals surface area contributed by atoms with Crippen LogP contribution in [0.15, 0.2) is 30.3 Å². The summed E-state index contributed by atoms with van der Waals surface area (Å²) in [4.78, 5) is 0. The molecule has 12 heavy (non-hydrogen) atoms. The van der Waals surface area contributed by atoms with Gasteiger partial charge in [-0.3, -0.25) is 0 Å². The van der Waals surface area contributed by atoms with E-state index in [-0.39, 0.29) is 18.4 Å². The van der Waals surface area contributed by atoms with Gasteiger partial charge in [0.1, 0.15) is 0 Å². The minimum absolute atomic E-state index is 0. The van der Waals surface area contributed by atoms with Crippen LogP contribution in [0.4, 0.5) is 0 Å². The van der Waals surface area contributed by atoms with Crippen LogP contribution in [-0.2, 0) is 6.42 Å². The van der Waals surface area contributed by atoms with E-state index >= 15 is 0 Å². The van der Waals surface area contributed by atoms with Crippen molar-refractivity contribution in [1.82, 2.24) is 0 Å². The highest BCUT2D eigenvalue weighted by Gasteiger charge is 2.00. The molecule has 0 amide bonds. The molecular weight excluding hydrogens is 193 g/mol. The molecule has 68 valence electrons. The van der Waals surface area contributed by atoms with Crippen LogP contribution in [0.5, 0.6) is 0 Å². The summed E-state index contributed by atoms with van der Waals surface area (Å²) < 4.78 is 0. The largest absolute Gasteiger partial charge is 0.326 e. The maximum atomic E-state index is 5.67. The Bertz CT molecular complexity index is 201. The molecule has 1 nitrogen and oxygen atoms in total. The summed E-state index contributed by atoms with van der Waals surface area (Å²) in [5, 5.41) is 0. The molecule has 0 bridgehead atoms. The van der Waals surface area contributed by atoms with Crippen LogP contribution in [0, 0.1) is 0 Å². The van der Waals surface area contributed by atoms with E-state index in [9.17, 15) is 0 Å². The molecule has 3 heteroatoms. The van der Waals surface area contributed by atoms with Gasteiger partial charge in [-0.05, 0) is 12.0 Å². The smallest absolute Gasteiger partial charge is 0.0378 e. The van der Waals surface area contributed by atoms with Crippen molar-refractivity contribution in [3.8, 4) is 0 Å². The molecule has 0 aliphatic carbocycles. The molecule has 0 spiro atoms. The second kappa shape index (κ2) is 6.30. The average molecular weight is 206 g/mol. The van der Waals surface area contributed by atoms with E-state index in [1.165, 1.54) is 5.56 Å². The van der Waals surface area contributed by atoms with Crippen LogP contribution in [0.1, 0.15) is 5.56 Å². The number of alkyl halides is 1. The van der Waals surface area contributed by atoms with E-state index in [1.807, 2.05) is 18.2 Å². The number of rotatable bonds is 3. The van der Waals surface area contributed by atoms with Crippen molar-refractivity contribution in [3.63, 3.8) is 0 Å². The molecule has 1 aromatic carbocycles. The Kier molecular flexibility index (Phi) is 6.17. The third-order valence-corrected chi connectivity index (χ3v) is 1.94. The predicted molar refractivity (Wildman–Crippen MR) is 56.1 cm³/mol. The van der Waals surface area contributed by atoms with Crippen molar-refractivity contribution in [2.24, 2.45) is 5.73 Å². The van der Waals surface area contributed by atoms with E-state index < -0.39 is 0 Å². The molecule has 0 aromatic heterocycles. The fraction of sp³-hybridized carbons (Fsp3) is 0.333. The Labute approximate surface area is 84.3 Å². The molecule has 0 fully saturated rings. The van der Waals surface area contributed by atoms with Crippen LogP contribution in [0.3, 0.4) is 0 Å². The first-order valence-electron chi connectivity index (χ1n) is 3.68. The minimum atomic E-state index is 0. The van der Waals surface area contributed by atoms with Crippen LogP contribution in [0.25, 0.3) is 0 Å². The maximum absolute atomic E-state index is 5.67. The molecule has 2 N–H and O–H groups in total. The lowest BCUT2D eigenvalue weighted by atomic mass is 10.1. The number of halogens is 2. The molecule has 0 aliphatic rings. The van der Waals surface area contributed by atoms with Crippen molar-refractivity contribution in [3.05, 3.63) is 35.9 Å². The fourth-order valence-electron chi connectivity index (χ4n) is 0.971. The first kappa shape index (κ1) is 11.8. The third kappa shape index (κ3) is 3.96. The molecule has 0 unspecified atom stereocenters. The Morgan fingerprint density at radius 2 is 1.83 bits per heavy atom. The zero-order valence-corrected chi connectivity index (χ0v) is 8.31. The summed E-state index contributed by atoms with van der Waals surface area (Å²) in [5.41, 5.74) is 6.92. The second-order valence-electron chi connectivity index (χ2n) is 2.60. The van der Waals surface area contributed by atoms with Crippen LogP contribution >= 0.6 is 24.0 Å². The van der Waals surface area contributed by atoms with Crippen molar-refractivity contribution in [2.45, 2.75) is 12.5 Å². The number of nitrogens with two attached hydrogens (primary N) is 1. The number of hydrogen-bond acceptors (Lipinski definition) is 1. The lowest BCUT2D eigenvalue weighted by molar-refractivity contribution is 0.745. The fourth-order valence-corrected chi connectivity index (χ4v) is 1.08. The van der Waals surface area contributed by atoms with Crippen molar-refractivity contribution >= 4 is 24.0 Å². The van der Waals surface area contributed by atoms with Gasteiger partial charge in [0.2, 0.25) is 0 Å². The molecule has 0 radical (unpaired) electrons. The summed E-state index contributed by atoms with van der Waals surface area (Å²) in [6.07, 6.45) is 0.865. The Morgan fingerprint density at radius 1 is 1.25 bits per heavy atom. The van der Waals surface area contributed by atoms with Gasteiger partial charge in [-0.1, -0.05) is 30.3 Å². The highest BCUT2D eigenvalue weighted by Crippen LogP contribution is 2.02. The highest BCUT2D eigenvalue weighted by atomic mass is 35.5. The first-order chi connectivity index (χ1) is 5.33. The second-order valence-corrected chi connectivity index (χ2v) is 2.91. The third-order valence-electron chi connectivity index (χ3n) is 1.54. The molecule has 1 aromatic rings. The Hall–Kier alpha value is -0.240. The number of hydrogen-bond donors (Lipinski definition) is 1. The Balaban J connectivity index is 0.00000121. The topological polar surface area (TPSA) is 26.0 Å². The molecule has 1 rings (SSSR count). The van der Waals surface area contributed by atoms with Crippen molar-refractivity contribution < 1.29 is 0 Å². The van der Waals surface area contributed by atoms with Gasteiger partial charge in [-0.15, -0.1) is 24.0 Å². The lowest BCUT2D eigenvalue weighted by Crippen LogP contribution is -2.24. The SMILES string of the molecule is Cl.N[C@H](CCl)Cc1ccccc1. The van der Waals surface area contributed by atoms with Gasteiger partial charge in [-0.2, -0.15) is 0 Å². The summed E-state index contributed by atoms with van der Waals surface area (Å²) >= 11 is 5.58. The summed E-state index contributed by atoms with van der Waals surface area (Å²) in [7, 11) is 0. The highest BCUT2D eigenvalue weighted by molar-refractivity contribution is 6.18. The first-order valence-corrected chi connectivity index (χ1v) is 4.22. The van der Waals surface area contributed by atoms with Gasteiger partial charge in [-0.25, -0.2) is 0 Å². The molecule has 1 atom stereocenters. The van der Waals surface area contributed by atoms with Crippen molar-refractivity contribution in [1.29, 1.82) is 0 Å². The van der Waals surface area contributed by atoms with Gasteiger partial charge < -0.3 is 5.73 Å². The van der Waals surface area contributed by atoms with Crippen LogP contribution in [0.2, 0.25) is 0 Å². The van der Waals surface area contributed by atoms with E-state index in [1.54, 1.807) is 0 Å². The molecule has 0 saturated heterocycles. The van der Waals surface area contributed by atoms with E-state index in [0.717, 1.165) is 6.42 Å². The minimum Gasteiger partial charge on any atom is -0.326 e. The van der Waals surface area contributed by atoms with E-state index in [2.05, 4.69) is 12.1 Å². The summed E-state index contributed by atoms with van der Waals surface area (Å²) in [6, 6.07) is 10.2. The van der Waals surface area contributed by atoms with Crippen LogP contribution in [-0.4, -0.2) is 11.9 Å². The van der Waals surface area contributed by atoms with Gasteiger partial charge >= 0.3 is 0 Å². The van der Waals surface area contributed by atoms with E-state index in [4.69, 9.17) is 17.3 Å². The van der Waals surface area contributed by atoms with Crippen molar-refractivity contribution in [2.75, 3.05) is 5.88 Å². The predicted octanol–water partition coefficient (Wildman–Crippen LogP) is 2.22. The zero-order valence-electron chi connectivity index (χ0n) is 6.74. The lowest BCUT2D eigenvalue weighted by Gasteiger charge is -2.06. The molecule has 0 aliphatic heterocycles. The maximum Gasteiger partial charge on any atom is 0.0378 e. The molecule has 0 heterocycles. The summed E-state index contributed by atoms with van der Waals surface area (Å²) in [5.74, 6) is 0.523. The summed E-state index contributed by atoms with van der Waals surface area (Å²) in [6.45, 7) is 0. The Morgan fingerprint density at radius 3 is 2.33 bits per heavy atom. The standard InChI is InChI=1S/C9H12ClN.ClH/c10-7-9(11)6-8-4-2-1-3-5-8;/h1-5,9H,6-7,11H2;1H/t9-;/m0./s1. The zero-order chi connectivity index (χ0) is 8.10. The van der Waals surface area contributed by atoms with Gasteiger partial charge in [0.25, 0.3) is 0 Å². The van der Waals surface area contributed by atoms with Gasteiger partial charge in [0, 0.05) is 11.9 Å². The van der Waals surface area contributed by atoms with E-state index in [0.29, 0.717) is 5.88 Å². The van der Waals surface area contributed by atoms with Crippen LogP contribution < -0.4 is 5.73 Å². The molecule has 0 saturated carbocycles. The van der Waals surface area contributed by atoms with Gasteiger partial charge in [0.15, 0.2) is 0 Å². The van der Waals surface area contributed by atoms with Gasteiger partial charge in [0.05, 0.1) is 0 Å². The normalized spacial score (nSPS) is 11.8. The average Bonchev–Trinajstić information content (AvgIpc) is 2.06. The monoisotopic (exact) mass is 205 g/mol. The quantitative estimate of drug-likeness (QED) is 0.754. The number of benzene rings is 1.